The van der Waals surface area contributed by atoms with Crippen molar-refractivity contribution in [1.29, 1.82) is 0 Å². The molecular formula is C27H40N4O11. The van der Waals surface area contributed by atoms with Gasteiger partial charge in [0.15, 0.2) is 0 Å². The smallest absolute Gasteiger partial charge is 0.303 e. The molecule has 7 atom stereocenters. The van der Waals surface area contributed by atoms with Crippen LogP contribution in [0, 0.1) is 5.92 Å². The molecule has 0 heterocycles. The summed E-state index contributed by atoms with van der Waals surface area (Å²) < 4.78 is 5.52. The van der Waals surface area contributed by atoms with Crippen LogP contribution in [0.1, 0.15) is 49.9 Å². The monoisotopic (exact) mass is 596 g/mol. The van der Waals surface area contributed by atoms with Gasteiger partial charge in [-0.15, -0.1) is 0 Å². The molecule has 3 unspecified atom stereocenters. The van der Waals surface area contributed by atoms with Crippen molar-refractivity contribution in [2.45, 2.75) is 76.0 Å². The Morgan fingerprint density at radius 3 is 2.19 bits per heavy atom. The Labute approximate surface area is 242 Å². The lowest BCUT2D eigenvalue weighted by atomic mass is 9.96. The molecular weight excluding hydrogens is 556 g/mol. The topological polar surface area (TPSA) is 255 Å². The minimum absolute atomic E-state index is 0.198. The van der Waals surface area contributed by atoms with Gasteiger partial charge in [-0.25, -0.2) is 0 Å². The first-order valence-corrected chi connectivity index (χ1v) is 13.4. The number of carboxylic acids is 1. The molecule has 0 aromatic heterocycles. The molecule has 0 saturated carbocycles. The summed E-state index contributed by atoms with van der Waals surface area (Å²) in [4.78, 5) is 72.1. The second-order valence-electron chi connectivity index (χ2n) is 9.59. The van der Waals surface area contributed by atoms with E-state index in [0.717, 1.165) is 0 Å². The predicted octanol–water partition coefficient (Wildman–Crippen LogP) is -2.16. The quantitative estimate of drug-likeness (QED) is 0.0752. The maximum atomic E-state index is 12.7. The number of carbonyl (C=O) groups excluding carboxylic acids is 5. The molecule has 0 radical (unpaired) electrons. The molecule has 0 saturated heterocycles. The van der Waals surface area contributed by atoms with E-state index in [-0.39, 0.29) is 37.9 Å². The standard InChI is InChI=1S/C27H40N4O11/c1-3-17(27(41)30-18(25(28)39)9-10-22(36)37)15(2)29-21(35)11-12-42-24(23(38)20(34)14-33)19(13-32)31-26(40)16-7-5-4-6-8-16/h4-8,13,15,17-20,23-24,33-34,38H,3,9-12,14H2,1-2H3,(H2,28,39)(H,29,35)(H,30,41)(H,31,40)(H,36,37)/t15?,17?,18?,19-,20+,23+,24+/m0/s1. The van der Waals surface area contributed by atoms with Crippen LogP contribution in [0.4, 0.5) is 0 Å². The molecule has 1 aromatic carbocycles. The fraction of sp³-hybridized carbons (Fsp3) is 0.556. The number of hydrogen-bond acceptors (Lipinski definition) is 10. The Morgan fingerprint density at radius 2 is 1.67 bits per heavy atom. The number of aliphatic carboxylic acids is 1. The van der Waals surface area contributed by atoms with Gasteiger partial charge in [0.1, 0.15) is 36.7 Å². The van der Waals surface area contributed by atoms with Crippen molar-refractivity contribution in [1.82, 2.24) is 16.0 Å². The van der Waals surface area contributed by atoms with Crippen LogP contribution in [0.3, 0.4) is 0 Å². The number of aldehydes is 1. The summed E-state index contributed by atoms with van der Waals surface area (Å²) >= 11 is 0. The second-order valence-corrected chi connectivity index (χ2v) is 9.59. The van der Waals surface area contributed by atoms with Crippen LogP contribution in [0.5, 0.6) is 0 Å². The van der Waals surface area contributed by atoms with Gasteiger partial charge in [-0.2, -0.15) is 0 Å². The van der Waals surface area contributed by atoms with Gasteiger partial charge < -0.3 is 51.6 Å². The first kappa shape index (κ1) is 36.1. The van der Waals surface area contributed by atoms with Gasteiger partial charge in [0.2, 0.25) is 17.7 Å². The van der Waals surface area contributed by atoms with Crippen LogP contribution in [0.25, 0.3) is 0 Å². The van der Waals surface area contributed by atoms with Crippen molar-refractivity contribution in [2.24, 2.45) is 11.7 Å². The lowest BCUT2D eigenvalue weighted by Crippen LogP contribution is -2.55. The van der Waals surface area contributed by atoms with Gasteiger partial charge in [0, 0.05) is 24.4 Å². The Balaban J connectivity index is 2.82. The van der Waals surface area contributed by atoms with Crippen LogP contribution >= 0.6 is 0 Å². The molecule has 0 aliphatic rings. The number of aliphatic hydroxyl groups is 3. The van der Waals surface area contributed by atoms with Crippen molar-refractivity contribution in [3.05, 3.63) is 35.9 Å². The van der Waals surface area contributed by atoms with Crippen LogP contribution in [0.2, 0.25) is 0 Å². The van der Waals surface area contributed by atoms with Gasteiger partial charge in [-0.05, 0) is 31.9 Å². The molecule has 15 nitrogen and oxygen atoms in total. The van der Waals surface area contributed by atoms with E-state index in [1.54, 1.807) is 32.0 Å². The van der Waals surface area contributed by atoms with E-state index in [1.807, 2.05) is 0 Å². The number of nitrogens with two attached hydrogens (primary N) is 1. The summed E-state index contributed by atoms with van der Waals surface area (Å²) in [6.07, 6.45) is -5.42. The zero-order valence-electron chi connectivity index (χ0n) is 23.5. The predicted molar refractivity (Wildman–Crippen MR) is 147 cm³/mol. The third kappa shape index (κ3) is 11.9. The van der Waals surface area contributed by atoms with Crippen molar-refractivity contribution in [3.8, 4) is 0 Å². The normalized spacial score (nSPS) is 16.0. The molecule has 0 spiro atoms. The summed E-state index contributed by atoms with van der Waals surface area (Å²) in [5.41, 5.74) is 5.48. The third-order valence-corrected chi connectivity index (χ3v) is 6.47. The average molecular weight is 597 g/mol. The molecule has 1 aromatic rings. The molecule has 9 N–H and O–H groups in total. The van der Waals surface area contributed by atoms with E-state index in [9.17, 15) is 44.1 Å². The van der Waals surface area contributed by atoms with E-state index in [4.69, 9.17) is 15.6 Å². The van der Waals surface area contributed by atoms with Crippen LogP contribution in [-0.4, -0.2) is 106 Å². The lowest BCUT2D eigenvalue weighted by Gasteiger charge is -2.30. The number of hydrogen-bond donors (Lipinski definition) is 8. The average Bonchev–Trinajstić information content (AvgIpc) is 2.96. The largest absolute Gasteiger partial charge is 0.481 e. The van der Waals surface area contributed by atoms with Crippen molar-refractivity contribution >= 4 is 35.9 Å². The van der Waals surface area contributed by atoms with E-state index >= 15 is 0 Å². The molecule has 15 heteroatoms. The number of carboxylic acid groups (broad SMARTS) is 1. The summed E-state index contributed by atoms with van der Waals surface area (Å²) in [7, 11) is 0. The van der Waals surface area contributed by atoms with E-state index in [1.165, 1.54) is 12.1 Å². The maximum absolute atomic E-state index is 12.7. The molecule has 0 aliphatic heterocycles. The number of nitrogens with one attached hydrogen (secondary N) is 3. The molecule has 234 valence electrons. The Hall–Kier alpha value is -3.92. The maximum Gasteiger partial charge on any atom is 0.303 e. The number of ether oxygens (including phenoxy) is 1. The van der Waals surface area contributed by atoms with Gasteiger partial charge in [-0.1, -0.05) is 25.1 Å². The number of aliphatic hydroxyl groups excluding tert-OH is 3. The zero-order valence-corrected chi connectivity index (χ0v) is 23.5. The van der Waals surface area contributed by atoms with Gasteiger partial charge in [-0.3, -0.25) is 24.0 Å². The minimum atomic E-state index is -1.81. The molecule has 0 fully saturated rings. The highest BCUT2D eigenvalue weighted by molar-refractivity contribution is 5.95. The van der Waals surface area contributed by atoms with Gasteiger partial charge >= 0.3 is 5.97 Å². The number of primary amides is 1. The molecule has 4 amide bonds. The highest BCUT2D eigenvalue weighted by Crippen LogP contribution is 2.13. The van der Waals surface area contributed by atoms with E-state index in [2.05, 4.69) is 16.0 Å². The number of carbonyl (C=O) groups is 6. The number of rotatable bonds is 20. The van der Waals surface area contributed by atoms with E-state index < -0.39 is 78.6 Å². The number of amides is 4. The van der Waals surface area contributed by atoms with E-state index in [0.29, 0.717) is 6.29 Å². The second kappa shape index (κ2) is 18.5. The van der Waals surface area contributed by atoms with Crippen LogP contribution in [-0.2, 0) is 28.7 Å². The van der Waals surface area contributed by atoms with Gasteiger partial charge in [0.25, 0.3) is 5.91 Å². The summed E-state index contributed by atoms with van der Waals surface area (Å²) in [5.74, 6) is -4.72. The van der Waals surface area contributed by atoms with Gasteiger partial charge in [0.05, 0.1) is 19.1 Å². The molecule has 0 bridgehead atoms. The Morgan fingerprint density at radius 1 is 1.02 bits per heavy atom. The van der Waals surface area contributed by atoms with Crippen molar-refractivity contribution in [2.75, 3.05) is 13.2 Å². The summed E-state index contributed by atoms with van der Waals surface area (Å²) in [6.45, 7) is 1.97. The Kier molecular flexibility index (Phi) is 15.9. The first-order chi connectivity index (χ1) is 19.9. The SMILES string of the molecule is CCC(C(=O)NC(CCC(=O)O)C(N)=O)C(C)NC(=O)CCO[C@@H]([C@H](O)[C@H](O)CO)[C@H](C=O)NC(=O)c1ccccc1. The lowest BCUT2D eigenvalue weighted by molar-refractivity contribution is -0.138. The van der Waals surface area contributed by atoms with Crippen molar-refractivity contribution < 1.29 is 53.9 Å². The molecule has 42 heavy (non-hydrogen) atoms. The van der Waals surface area contributed by atoms with Crippen LogP contribution in [0.15, 0.2) is 30.3 Å². The summed E-state index contributed by atoms with van der Waals surface area (Å²) in [6, 6.07) is 4.48. The highest BCUT2D eigenvalue weighted by Gasteiger charge is 2.35. The van der Waals surface area contributed by atoms with Crippen LogP contribution < -0.4 is 21.7 Å². The highest BCUT2D eigenvalue weighted by atomic mass is 16.5. The summed E-state index contributed by atoms with van der Waals surface area (Å²) in [5, 5.41) is 45.9. The minimum Gasteiger partial charge on any atom is -0.481 e. The third-order valence-electron chi connectivity index (χ3n) is 6.47. The van der Waals surface area contributed by atoms with Crippen molar-refractivity contribution in [3.63, 3.8) is 0 Å². The molecule has 1 rings (SSSR count). The fourth-order valence-corrected chi connectivity index (χ4v) is 4.07. The molecule has 0 aliphatic carbocycles. The zero-order chi connectivity index (χ0) is 31.8. The Bertz CT molecular complexity index is 1060. The number of benzene rings is 1. The first-order valence-electron chi connectivity index (χ1n) is 13.4. The fourth-order valence-electron chi connectivity index (χ4n) is 4.07.